The van der Waals surface area contributed by atoms with Gasteiger partial charge < -0.3 is 14.4 Å². The maximum Gasteiger partial charge on any atom is 0.265 e. The minimum atomic E-state index is -0.295. The van der Waals surface area contributed by atoms with Crippen molar-refractivity contribution < 1.29 is 23.9 Å². The molecule has 0 N–H and O–H groups in total. The molecule has 0 unspecified atom stereocenters. The molecule has 0 spiro atoms. The third-order valence-corrected chi connectivity index (χ3v) is 4.37. The van der Waals surface area contributed by atoms with Gasteiger partial charge in [-0.25, -0.2) is 0 Å². The van der Waals surface area contributed by atoms with Gasteiger partial charge in [-0.05, 0) is 39.0 Å². The second-order valence-electron chi connectivity index (χ2n) is 6.56. The monoisotopic (exact) mass is 346 g/mol. The molecule has 1 saturated heterocycles. The van der Waals surface area contributed by atoms with Gasteiger partial charge in [-0.3, -0.25) is 19.3 Å². The van der Waals surface area contributed by atoms with Crippen molar-refractivity contribution in [1.82, 2.24) is 4.90 Å². The average molecular weight is 346 g/mol. The van der Waals surface area contributed by atoms with Crippen molar-refractivity contribution in [3.05, 3.63) is 23.8 Å². The van der Waals surface area contributed by atoms with Crippen LogP contribution in [0, 0.1) is 0 Å². The summed E-state index contributed by atoms with van der Waals surface area (Å²) < 4.78 is 11.1. The van der Waals surface area contributed by atoms with Crippen LogP contribution in [0.5, 0.6) is 5.75 Å². The first-order valence-electron chi connectivity index (χ1n) is 8.36. The van der Waals surface area contributed by atoms with E-state index >= 15 is 0 Å². The lowest BCUT2D eigenvalue weighted by Gasteiger charge is -2.37. The molecule has 1 aromatic rings. The van der Waals surface area contributed by atoms with Crippen LogP contribution in [0.1, 0.15) is 31.1 Å². The molecule has 2 heterocycles. The summed E-state index contributed by atoms with van der Waals surface area (Å²) in [5.41, 5.74) is 0.940. The van der Waals surface area contributed by atoms with E-state index in [1.54, 1.807) is 23.1 Å². The summed E-state index contributed by atoms with van der Waals surface area (Å²) in [7, 11) is 0. The zero-order chi connectivity index (χ0) is 18.1. The van der Waals surface area contributed by atoms with Crippen LogP contribution in [0.3, 0.4) is 0 Å². The predicted octanol–water partition coefficient (Wildman–Crippen LogP) is 1.25. The summed E-state index contributed by atoms with van der Waals surface area (Å²) in [4.78, 5) is 39.8. The first kappa shape index (κ1) is 17.4. The van der Waals surface area contributed by atoms with Crippen LogP contribution in [0.15, 0.2) is 18.2 Å². The number of hydrogen-bond donors (Lipinski definition) is 0. The van der Waals surface area contributed by atoms with Crippen LogP contribution < -0.4 is 9.64 Å². The minimum Gasteiger partial charge on any atom is -0.482 e. The Labute approximate surface area is 146 Å². The maximum absolute atomic E-state index is 12.7. The Morgan fingerprint density at radius 3 is 2.52 bits per heavy atom. The largest absolute Gasteiger partial charge is 0.482 e. The van der Waals surface area contributed by atoms with Crippen LogP contribution in [-0.2, 0) is 14.3 Å². The number of ketones is 1. The normalized spacial score (nSPS) is 23.1. The number of benzene rings is 1. The summed E-state index contributed by atoms with van der Waals surface area (Å²) in [6.07, 6.45) is -0.0746. The summed E-state index contributed by atoms with van der Waals surface area (Å²) in [5.74, 6) is -0.0450. The highest BCUT2D eigenvalue weighted by molar-refractivity contribution is 6.04. The van der Waals surface area contributed by atoms with E-state index in [9.17, 15) is 14.4 Å². The number of fused-ring (bicyclic) bond motifs is 1. The number of hydrogen-bond acceptors (Lipinski definition) is 5. The summed E-state index contributed by atoms with van der Waals surface area (Å²) in [6, 6.07) is 4.92. The Balaban J connectivity index is 1.82. The molecular formula is C18H22N2O5. The Bertz CT molecular complexity index is 707. The molecule has 134 valence electrons. The number of Topliss-reactive ketones (excluding diaryl/α,β-unsaturated/α-hetero) is 1. The van der Waals surface area contributed by atoms with Gasteiger partial charge in [-0.2, -0.15) is 0 Å². The van der Waals surface area contributed by atoms with Gasteiger partial charge in [0.05, 0.1) is 17.9 Å². The fourth-order valence-electron chi connectivity index (χ4n) is 3.21. The van der Waals surface area contributed by atoms with Gasteiger partial charge in [0.15, 0.2) is 12.4 Å². The average Bonchev–Trinajstić information content (AvgIpc) is 2.56. The quantitative estimate of drug-likeness (QED) is 0.770. The standard InChI is InChI=1S/C18H22N2O5/c1-11-7-19(8-12(2)25-11)17(22)9-20-15-6-14(13(3)21)4-5-16(15)24-10-18(20)23/h4-6,11-12H,7-10H2,1-3H3/t11-,12+. The van der Waals surface area contributed by atoms with Gasteiger partial charge in [0.1, 0.15) is 12.3 Å². The molecule has 3 rings (SSSR count). The molecule has 7 heteroatoms. The Morgan fingerprint density at radius 2 is 1.88 bits per heavy atom. The van der Waals surface area contributed by atoms with Crippen LogP contribution in [0.2, 0.25) is 0 Å². The molecule has 2 aliphatic heterocycles. The molecule has 2 atom stereocenters. The molecule has 0 saturated carbocycles. The van der Waals surface area contributed by atoms with Gasteiger partial charge in [0.2, 0.25) is 5.91 Å². The zero-order valence-corrected chi connectivity index (χ0v) is 14.7. The molecule has 7 nitrogen and oxygen atoms in total. The molecule has 1 aromatic carbocycles. The number of ether oxygens (including phenoxy) is 2. The molecule has 0 aliphatic carbocycles. The number of anilines is 1. The Morgan fingerprint density at radius 1 is 1.20 bits per heavy atom. The SMILES string of the molecule is CC(=O)c1ccc2c(c1)N(CC(=O)N1C[C@@H](C)O[C@@H](C)C1)C(=O)CO2. The van der Waals surface area contributed by atoms with Crippen LogP contribution in [-0.4, -0.2) is 60.9 Å². The molecule has 0 radical (unpaired) electrons. The zero-order valence-electron chi connectivity index (χ0n) is 14.7. The molecule has 2 aliphatic rings. The van der Waals surface area contributed by atoms with Crippen molar-refractivity contribution in [2.24, 2.45) is 0 Å². The second-order valence-corrected chi connectivity index (χ2v) is 6.56. The van der Waals surface area contributed by atoms with Gasteiger partial charge in [0.25, 0.3) is 5.91 Å². The van der Waals surface area contributed by atoms with Crippen LogP contribution in [0.4, 0.5) is 5.69 Å². The van der Waals surface area contributed by atoms with Crippen LogP contribution >= 0.6 is 0 Å². The van der Waals surface area contributed by atoms with Gasteiger partial charge in [-0.1, -0.05) is 0 Å². The third-order valence-electron chi connectivity index (χ3n) is 4.37. The lowest BCUT2D eigenvalue weighted by Crippen LogP contribution is -2.52. The van der Waals surface area contributed by atoms with E-state index in [1.807, 2.05) is 13.8 Å². The number of carbonyl (C=O) groups excluding carboxylic acids is 3. The van der Waals surface area contributed by atoms with Gasteiger partial charge in [0, 0.05) is 18.7 Å². The van der Waals surface area contributed by atoms with Crippen molar-refractivity contribution in [3.8, 4) is 5.75 Å². The lowest BCUT2D eigenvalue weighted by molar-refractivity contribution is -0.142. The van der Waals surface area contributed by atoms with E-state index in [0.717, 1.165) is 0 Å². The van der Waals surface area contributed by atoms with Crippen molar-refractivity contribution in [1.29, 1.82) is 0 Å². The summed E-state index contributed by atoms with van der Waals surface area (Å²) in [6.45, 7) is 6.11. The lowest BCUT2D eigenvalue weighted by atomic mass is 10.1. The highest BCUT2D eigenvalue weighted by atomic mass is 16.5. The van der Waals surface area contributed by atoms with E-state index in [2.05, 4.69) is 0 Å². The van der Waals surface area contributed by atoms with E-state index in [0.29, 0.717) is 30.1 Å². The van der Waals surface area contributed by atoms with Crippen molar-refractivity contribution in [3.63, 3.8) is 0 Å². The highest BCUT2D eigenvalue weighted by Gasteiger charge is 2.32. The smallest absolute Gasteiger partial charge is 0.265 e. The van der Waals surface area contributed by atoms with Crippen LogP contribution in [0.25, 0.3) is 0 Å². The number of carbonyl (C=O) groups is 3. The summed E-state index contributed by atoms with van der Waals surface area (Å²) in [5, 5.41) is 0. The van der Waals surface area contributed by atoms with E-state index in [1.165, 1.54) is 11.8 Å². The maximum atomic E-state index is 12.7. The molecule has 25 heavy (non-hydrogen) atoms. The molecule has 2 amide bonds. The van der Waals surface area contributed by atoms with E-state index in [-0.39, 0.29) is 43.0 Å². The van der Waals surface area contributed by atoms with Gasteiger partial charge in [-0.15, -0.1) is 0 Å². The van der Waals surface area contributed by atoms with E-state index in [4.69, 9.17) is 9.47 Å². The molecule has 0 aromatic heterocycles. The number of nitrogens with zero attached hydrogens (tertiary/aromatic N) is 2. The predicted molar refractivity (Wildman–Crippen MR) is 90.9 cm³/mol. The number of rotatable bonds is 3. The molecule has 0 bridgehead atoms. The fraction of sp³-hybridized carbons (Fsp3) is 0.500. The second kappa shape index (κ2) is 6.84. The minimum absolute atomic E-state index is 0.0373. The van der Waals surface area contributed by atoms with E-state index < -0.39 is 0 Å². The molecular weight excluding hydrogens is 324 g/mol. The van der Waals surface area contributed by atoms with Crippen molar-refractivity contribution in [2.75, 3.05) is 31.1 Å². The number of amides is 2. The first-order chi connectivity index (χ1) is 11.8. The fourth-order valence-corrected chi connectivity index (χ4v) is 3.21. The topological polar surface area (TPSA) is 76.2 Å². The Kier molecular flexibility index (Phi) is 4.76. The van der Waals surface area contributed by atoms with Crippen molar-refractivity contribution in [2.45, 2.75) is 33.0 Å². The Hall–Kier alpha value is -2.41. The first-order valence-corrected chi connectivity index (χ1v) is 8.36. The number of morpholine rings is 1. The molecule has 1 fully saturated rings. The summed E-state index contributed by atoms with van der Waals surface area (Å²) >= 11 is 0. The highest BCUT2D eigenvalue weighted by Crippen LogP contribution is 2.33. The van der Waals surface area contributed by atoms with Gasteiger partial charge >= 0.3 is 0 Å². The van der Waals surface area contributed by atoms with Crippen molar-refractivity contribution >= 4 is 23.3 Å². The third kappa shape index (κ3) is 3.66.